The van der Waals surface area contributed by atoms with E-state index in [9.17, 15) is 9.59 Å². The number of carbonyl (C=O) groups excluding carboxylic acids is 2. The van der Waals surface area contributed by atoms with Crippen molar-refractivity contribution < 1.29 is 14.3 Å². The van der Waals surface area contributed by atoms with Gasteiger partial charge in [0.15, 0.2) is 0 Å². The zero-order valence-electron chi connectivity index (χ0n) is 11.9. The Hall–Kier alpha value is -1.26. The highest BCUT2D eigenvalue weighted by atomic mass is 16.6. The molecular formula is C13H24N2O3. The first-order valence-corrected chi connectivity index (χ1v) is 6.47. The number of carbonyl (C=O) groups is 2. The van der Waals surface area contributed by atoms with E-state index in [2.05, 4.69) is 10.6 Å². The predicted octanol–water partition coefficient (Wildman–Crippen LogP) is 1.82. The van der Waals surface area contributed by atoms with Gasteiger partial charge in [0.25, 0.3) is 0 Å². The molecule has 104 valence electrons. The lowest BCUT2D eigenvalue weighted by Gasteiger charge is -2.40. The Morgan fingerprint density at radius 2 is 2.06 bits per heavy atom. The fourth-order valence-corrected chi connectivity index (χ4v) is 2.14. The Morgan fingerprint density at radius 3 is 2.50 bits per heavy atom. The van der Waals surface area contributed by atoms with Crippen molar-refractivity contribution in [2.75, 3.05) is 6.54 Å². The SMILES string of the molecule is CC(C)[C@@]1(NC(=O)OC(C)(C)C)CCCNC1=O. The van der Waals surface area contributed by atoms with Crippen molar-refractivity contribution in [2.45, 2.75) is 58.6 Å². The third kappa shape index (κ3) is 3.37. The van der Waals surface area contributed by atoms with Crippen molar-refractivity contribution in [1.29, 1.82) is 0 Å². The monoisotopic (exact) mass is 256 g/mol. The minimum Gasteiger partial charge on any atom is -0.444 e. The van der Waals surface area contributed by atoms with Gasteiger partial charge in [-0.05, 0) is 39.5 Å². The fraction of sp³-hybridized carbons (Fsp3) is 0.846. The Balaban J connectivity index is 2.80. The lowest BCUT2D eigenvalue weighted by molar-refractivity contribution is -0.131. The Bertz CT molecular complexity index is 334. The zero-order chi connectivity index (χ0) is 14.0. The summed E-state index contributed by atoms with van der Waals surface area (Å²) in [7, 11) is 0. The number of rotatable bonds is 2. The molecule has 1 heterocycles. The molecule has 0 aromatic carbocycles. The lowest BCUT2D eigenvalue weighted by atomic mass is 9.79. The average molecular weight is 256 g/mol. The second-order valence-corrected chi connectivity index (χ2v) is 6.11. The van der Waals surface area contributed by atoms with E-state index in [0.717, 1.165) is 6.42 Å². The fourth-order valence-electron chi connectivity index (χ4n) is 2.14. The molecule has 0 saturated carbocycles. The van der Waals surface area contributed by atoms with Crippen molar-refractivity contribution >= 4 is 12.0 Å². The van der Waals surface area contributed by atoms with Gasteiger partial charge in [-0.15, -0.1) is 0 Å². The van der Waals surface area contributed by atoms with Gasteiger partial charge in [-0.3, -0.25) is 4.79 Å². The molecule has 2 N–H and O–H groups in total. The first-order valence-electron chi connectivity index (χ1n) is 6.47. The number of amides is 2. The van der Waals surface area contributed by atoms with E-state index in [4.69, 9.17) is 4.74 Å². The smallest absolute Gasteiger partial charge is 0.408 e. The molecule has 0 unspecified atom stereocenters. The van der Waals surface area contributed by atoms with Gasteiger partial charge in [-0.25, -0.2) is 4.79 Å². The van der Waals surface area contributed by atoms with Crippen LogP contribution in [0.15, 0.2) is 0 Å². The summed E-state index contributed by atoms with van der Waals surface area (Å²) >= 11 is 0. The van der Waals surface area contributed by atoms with Crippen LogP contribution < -0.4 is 10.6 Å². The third-order valence-corrected chi connectivity index (χ3v) is 3.15. The van der Waals surface area contributed by atoms with Crippen LogP contribution in [0.1, 0.15) is 47.5 Å². The van der Waals surface area contributed by atoms with Crippen LogP contribution in [0.5, 0.6) is 0 Å². The molecular weight excluding hydrogens is 232 g/mol. The van der Waals surface area contributed by atoms with Crippen LogP contribution in [0.25, 0.3) is 0 Å². The minimum absolute atomic E-state index is 0.0188. The molecule has 1 fully saturated rings. The molecule has 1 atom stereocenters. The summed E-state index contributed by atoms with van der Waals surface area (Å²) in [6.45, 7) is 9.94. The second kappa shape index (κ2) is 5.16. The Kier molecular flexibility index (Phi) is 4.24. The van der Waals surface area contributed by atoms with Gasteiger partial charge in [0, 0.05) is 6.54 Å². The van der Waals surface area contributed by atoms with Crippen LogP contribution in [0.3, 0.4) is 0 Å². The average Bonchev–Trinajstić information content (AvgIpc) is 2.18. The molecule has 2 amide bonds. The van der Waals surface area contributed by atoms with Crippen LogP contribution in [0, 0.1) is 5.92 Å². The van der Waals surface area contributed by atoms with Crippen molar-refractivity contribution in [3.63, 3.8) is 0 Å². The van der Waals surface area contributed by atoms with Gasteiger partial charge in [0.1, 0.15) is 11.1 Å². The van der Waals surface area contributed by atoms with Crippen LogP contribution in [-0.4, -0.2) is 29.7 Å². The van der Waals surface area contributed by atoms with Crippen LogP contribution >= 0.6 is 0 Å². The van der Waals surface area contributed by atoms with Crippen LogP contribution in [0.4, 0.5) is 4.79 Å². The van der Waals surface area contributed by atoms with Gasteiger partial charge in [-0.1, -0.05) is 13.8 Å². The molecule has 1 rings (SSSR count). The highest BCUT2D eigenvalue weighted by Gasteiger charge is 2.45. The number of hydrogen-bond donors (Lipinski definition) is 2. The summed E-state index contributed by atoms with van der Waals surface area (Å²) in [5.41, 5.74) is -1.41. The van der Waals surface area contributed by atoms with E-state index >= 15 is 0 Å². The largest absolute Gasteiger partial charge is 0.444 e. The maximum absolute atomic E-state index is 12.1. The van der Waals surface area contributed by atoms with Crippen molar-refractivity contribution in [2.24, 2.45) is 5.92 Å². The molecule has 0 bridgehead atoms. The highest BCUT2D eigenvalue weighted by Crippen LogP contribution is 2.26. The van der Waals surface area contributed by atoms with Crippen molar-refractivity contribution in [3.8, 4) is 0 Å². The van der Waals surface area contributed by atoms with Gasteiger partial charge >= 0.3 is 6.09 Å². The van der Waals surface area contributed by atoms with Crippen LogP contribution in [-0.2, 0) is 9.53 Å². The third-order valence-electron chi connectivity index (χ3n) is 3.15. The van der Waals surface area contributed by atoms with E-state index in [0.29, 0.717) is 13.0 Å². The second-order valence-electron chi connectivity index (χ2n) is 6.11. The number of nitrogens with one attached hydrogen (secondary N) is 2. The van der Waals surface area contributed by atoms with E-state index in [-0.39, 0.29) is 11.8 Å². The maximum atomic E-state index is 12.1. The molecule has 0 aromatic rings. The normalized spacial score (nSPS) is 24.7. The molecule has 1 aliphatic rings. The Labute approximate surface area is 109 Å². The molecule has 0 aromatic heterocycles. The first kappa shape index (κ1) is 14.8. The van der Waals surface area contributed by atoms with E-state index in [1.807, 2.05) is 13.8 Å². The molecule has 0 spiro atoms. The topological polar surface area (TPSA) is 67.4 Å². The quantitative estimate of drug-likeness (QED) is 0.792. The number of hydrogen-bond acceptors (Lipinski definition) is 3. The molecule has 1 aliphatic heterocycles. The summed E-state index contributed by atoms with van der Waals surface area (Å²) in [4.78, 5) is 23.9. The molecule has 5 nitrogen and oxygen atoms in total. The van der Waals surface area contributed by atoms with Gasteiger partial charge in [0.2, 0.25) is 5.91 Å². The standard InChI is InChI=1S/C13H24N2O3/c1-9(2)13(7-6-8-14-10(13)16)15-11(17)18-12(3,4)5/h9H,6-8H2,1-5H3,(H,14,16)(H,15,17)/t13-/m0/s1. The summed E-state index contributed by atoms with van der Waals surface area (Å²) in [6, 6.07) is 0. The summed E-state index contributed by atoms with van der Waals surface area (Å²) in [6.07, 6.45) is 0.975. The molecule has 0 radical (unpaired) electrons. The summed E-state index contributed by atoms with van der Waals surface area (Å²) in [5.74, 6) is -0.0973. The number of alkyl carbamates (subject to hydrolysis) is 1. The first-order chi connectivity index (χ1) is 8.17. The number of piperidine rings is 1. The summed E-state index contributed by atoms with van der Waals surface area (Å²) < 4.78 is 5.23. The van der Waals surface area contributed by atoms with Gasteiger partial charge in [0.05, 0.1) is 0 Å². The maximum Gasteiger partial charge on any atom is 0.408 e. The predicted molar refractivity (Wildman–Crippen MR) is 69.2 cm³/mol. The van der Waals surface area contributed by atoms with Crippen LogP contribution in [0.2, 0.25) is 0 Å². The Morgan fingerprint density at radius 1 is 1.44 bits per heavy atom. The highest BCUT2D eigenvalue weighted by molar-refractivity contribution is 5.90. The van der Waals surface area contributed by atoms with Gasteiger partial charge < -0.3 is 15.4 Å². The summed E-state index contributed by atoms with van der Waals surface area (Å²) in [5, 5.41) is 5.58. The van der Waals surface area contributed by atoms with E-state index in [1.54, 1.807) is 20.8 Å². The zero-order valence-corrected chi connectivity index (χ0v) is 11.9. The van der Waals surface area contributed by atoms with E-state index < -0.39 is 17.2 Å². The van der Waals surface area contributed by atoms with E-state index in [1.165, 1.54) is 0 Å². The van der Waals surface area contributed by atoms with Crippen molar-refractivity contribution in [1.82, 2.24) is 10.6 Å². The lowest BCUT2D eigenvalue weighted by Crippen LogP contribution is -2.64. The molecule has 5 heteroatoms. The van der Waals surface area contributed by atoms with Gasteiger partial charge in [-0.2, -0.15) is 0 Å². The molecule has 1 saturated heterocycles. The number of ether oxygens (including phenoxy) is 1. The molecule has 18 heavy (non-hydrogen) atoms. The van der Waals surface area contributed by atoms with Crippen molar-refractivity contribution in [3.05, 3.63) is 0 Å². The minimum atomic E-state index is -0.847. The molecule has 0 aliphatic carbocycles.